The highest BCUT2D eigenvalue weighted by Crippen LogP contribution is 2.27. The standard InChI is InChI=1S/C15H18BrNO2S/c1-18-13-4-3-11(7-14(13)19-2)5-6-17-9-12-8-15(16)20-10-12/h3-4,7-8,10,17H,5-6,9H2,1-2H3. The first-order valence-corrected chi connectivity index (χ1v) is 8.04. The van der Waals surface area contributed by atoms with Crippen LogP contribution in [0.5, 0.6) is 11.5 Å². The lowest BCUT2D eigenvalue weighted by Crippen LogP contribution is -2.16. The molecular weight excluding hydrogens is 338 g/mol. The van der Waals surface area contributed by atoms with Crippen molar-refractivity contribution in [3.8, 4) is 11.5 Å². The van der Waals surface area contributed by atoms with Gasteiger partial charge in [-0.1, -0.05) is 6.07 Å². The molecule has 0 aliphatic carbocycles. The third kappa shape index (κ3) is 4.23. The Kier molecular flexibility index (Phi) is 5.88. The second-order valence-corrected chi connectivity index (χ2v) is 6.67. The maximum atomic E-state index is 5.31. The number of hydrogen-bond acceptors (Lipinski definition) is 4. The zero-order valence-corrected chi connectivity index (χ0v) is 14.0. The first kappa shape index (κ1) is 15.4. The Morgan fingerprint density at radius 2 is 1.90 bits per heavy atom. The minimum Gasteiger partial charge on any atom is -0.493 e. The van der Waals surface area contributed by atoms with Gasteiger partial charge in [-0.15, -0.1) is 11.3 Å². The van der Waals surface area contributed by atoms with E-state index in [2.05, 4.69) is 38.8 Å². The van der Waals surface area contributed by atoms with Gasteiger partial charge in [-0.3, -0.25) is 0 Å². The van der Waals surface area contributed by atoms with Crippen LogP contribution in [0.25, 0.3) is 0 Å². The normalized spacial score (nSPS) is 10.6. The van der Waals surface area contributed by atoms with Gasteiger partial charge in [0.1, 0.15) is 0 Å². The van der Waals surface area contributed by atoms with E-state index in [4.69, 9.17) is 9.47 Å². The lowest BCUT2D eigenvalue weighted by molar-refractivity contribution is 0.354. The summed E-state index contributed by atoms with van der Waals surface area (Å²) in [5, 5.41) is 5.60. The average Bonchev–Trinajstić information content (AvgIpc) is 2.89. The summed E-state index contributed by atoms with van der Waals surface area (Å²) in [5.41, 5.74) is 2.55. The number of nitrogens with one attached hydrogen (secondary N) is 1. The van der Waals surface area contributed by atoms with E-state index in [1.807, 2.05) is 12.1 Å². The van der Waals surface area contributed by atoms with Crippen LogP contribution in [0.2, 0.25) is 0 Å². The van der Waals surface area contributed by atoms with E-state index >= 15 is 0 Å². The summed E-state index contributed by atoms with van der Waals surface area (Å²) in [7, 11) is 3.31. The molecule has 0 aliphatic heterocycles. The number of thiophene rings is 1. The zero-order valence-electron chi connectivity index (χ0n) is 11.6. The molecule has 0 bridgehead atoms. The predicted molar refractivity (Wildman–Crippen MR) is 87.0 cm³/mol. The van der Waals surface area contributed by atoms with Gasteiger partial charge in [0.2, 0.25) is 0 Å². The molecule has 0 radical (unpaired) electrons. The van der Waals surface area contributed by atoms with Crippen molar-refractivity contribution in [2.24, 2.45) is 0 Å². The van der Waals surface area contributed by atoms with Crippen LogP contribution in [0, 0.1) is 0 Å². The van der Waals surface area contributed by atoms with E-state index in [-0.39, 0.29) is 0 Å². The largest absolute Gasteiger partial charge is 0.493 e. The number of benzene rings is 1. The molecule has 108 valence electrons. The molecule has 0 amide bonds. The van der Waals surface area contributed by atoms with Gasteiger partial charge in [0.15, 0.2) is 11.5 Å². The molecule has 0 atom stereocenters. The van der Waals surface area contributed by atoms with E-state index in [9.17, 15) is 0 Å². The van der Waals surface area contributed by atoms with Gasteiger partial charge < -0.3 is 14.8 Å². The Morgan fingerprint density at radius 1 is 1.10 bits per heavy atom. The van der Waals surface area contributed by atoms with E-state index in [0.29, 0.717) is 0 Å². The number of halogens is 1. The molecule has 2 rings (SSSR count). The molecule has 1 heterocycles. The Bertz CT molecular complexity index is 557. The fourth-order valence-corrected chi connectivity index (χ4v) is 3.15. The van der Waals surface area contributed by atoms with E-state index in [1.54, 1.807) is 25.6 Å². The summed E-state index contributed by atoms with van der Waals surface area (Å²) < 4.78 is 11.7. The molecule has 20 heavy (non-hydrogen) atoms. The van der Waals surface area contributed by atoms with Crippen LogP contribution >= 0.6 is 27.3 Å². The third-order valence-corrected chi connectivity index (χ3v) is 4.54. The Balaban J connectivity index is 1.82. The Morgan fingerprint density at radius 3 is 2.55 bits per heavy atom. The zero-order chi connectivity index (χ0) is 14.4. The molecular formula is C15H18BrNO2S. The van der Waals surface area contributed by atoms with Crippen LogP contribution in [-0.2, 0) is 13.0 Å². The summed E-state index contributed by atoms with van der Waals surface area (Å²) >= 11 is 5.19. The van der Waals surface area contributed by atoms with E-state index in [0.717, 1.165) is 31.0 Å². The number of hydrogen-bond donors (Lipinski definition) is 1. The molecule has 3 nitrogen and oxygen atoms in total. The SMILES string of the molecule is COc1ccc(CCNCc2csc(Br)c2)cc1OC. The summed E-state index contributed by atoms with van der Waals surface area (Å²) in [6.45, 7) is 1.83. The van der Waals surface area contributed by atoms with Crippen molar-refractivity contribution in [3.63, 3.8) is 0 Å². The summed E-state index contributed by atoms with van der Waals surface area (Å²) in [6, 6.07) is 8.20. The number of rotatable bonds is 7. The van der Waals surface area contributed by atoms with Gasteiger partial charge in [0.05, 0.1) is 18.0 Å². The van der Waals surface area contributed by atoms with Crippen LogP contribution in [0.3, 0.4) is 0 Å². The number of ether oxygens (including phenoxy) is 2. The molecule has 1 N–H and O–H groups in total. The van der Waals surface area contributed by atoms with Gasteiger partial charge in [0.25, 0.3) is 0 Å². The molecule has 0 fully saturated rings. The topological polar surface area (TPSA) is 30.5 Å². The minimum absolute atomic E-state index is 0.771. The van der Waals surface area contributed by atoms with Crippen LogP contribution in [0.4, 0.5) is 0 Å². The molecule has 5 heteroatoms. The van der Waals surface area contributed by atoms with Crippen LogP contribution in [0.15, 0.2) is 33.4 Å². The van der Waals surface area contributed by atoms with Crippen molar-refractivity contribution in [2.45, 2.75) is 13.0 Å². The van der Waals surface area contributed by atoms with Crippen LogP contribution in [0.1, 0.15) is 11.1 Å². The molecule has 0 saturated carbocycles. The monoisotopic (exact) mass is 355 g/mol. The Hall–Kier alpha value is -1.04. The highest BCUT2D eigenvalue weighted by Gasteiger charge is 2.04. The molecule has 0 saturated heterocycles. The minimum atomic E-state index is 0.771. The highest BCUT2D eigenvalue weighted by atomic mass is 79.9. The van der Waals surface area contributed by atoms with E-state index < -0.39 is 0 Å². The van der Waals surface area contributed by atoms with Crippen molar-refractivity contribution in [1.82, 2.24) is 5.32 Å². The second kappa shape index (κ2) is 7.67. The molecule has 2 aromatic rings. The second-order valence-electron chi connectivity index (χ2n) is 4.38. The lowest BCUT2D eigenvalue weighted by Gasteiger charge is -2.10. The summed E-state index contributed by atoms with van der Waals surface area (Å²) in [5.74, 6) is 1.55. The smallest absolute Gasteiger partial charge is 0.160 e. The van der Waals surface area contributed by atoms with Crippen molar-refractivity contribution in [2.75, 3.05) is 20.8 Å². The van der Waals surface area contributed by atoms with Crippen LogP contribution in [-0.4, -0.2) is 20.8 Å². The van der Waals surface area contributed by atoms with Gasteiger partial charge in [-0.2, -0.15) is 0 Å². The summed E-state index contributed by atoms with van der Waals surface area (Å²) in [6.07, 6.45) is 0.964. The molecule has 0 unspecified atom stereocenters. The number of methoxy groups -OCH3 is 2. The molecule has 1 aromatic heterocycles. The average molecular weight is 356 g/mol. The highest BCUT2D eigenvalue weighted by molar-refractivity contribution is 9.11. The first-order chi connectivity index (χ1) is 9.72. The third-order valence-electron chi connectivity index (χ3n) is 2.99. The fraction of sp³-hybridized carbons (Fsp3) is 0.333. The quantitative estimate of drug-likeness (QED) is 0.765. The molecule has 0 spiro atoms. The lowest BCUT2D eigenvalue weighted by atomic mass is 10.1. The van der Waals surface area contributed by atoms with Crippen molar-refractivity contribution >= 4 is 27.3 Å². The maximum absolute atomic E-state index is 5.31. The van der Waals surface area contributed by atoms with Gasteiger partial charge >= 0.3 is 0 Å². The van der Waals surface area contributed by atoms with Crippen LogP contribution < -0.4 is 14.8 Å². The van der Waals surface area contributed by atoms with Crippen molar-refractivity contribution < 1.29 is 9.47 Å². The van der Waals surface area contributed by atoms with Gasteiger partial charge in [-0.05, 0) is 63.6 Å². The fourth-order valence-electron chi connectivity index (χ4n) is 1.94. The van der Waals surface area contributed by atoms with E-state index in [1.165, 1.54) is 14.9 Å². The van der Waals surface area contributed by atoms with Gasteiger partial charge in [0, 0.05) is 6.54 Å². The summed E-state index contributed by atoms with van der Waals surface area (Å²) in [4.78, 5) is 0. The van der Waals surface area contributed by atoms with Gasteiger partial charge in [-0.25, -0.2) is 0 Å². The van der Waals surface area contributed by atoms with Crippen molar-refractivity contribution in [3.05, 3.63) is 44.6 Å². The maximum Gasteiger partial charge on any atom is 0.160 e. The Labute approximate surface area is 132 Å². The first-order valence-electron chi connectivity index (χ1n) is 6.37. The predicted octanol–water partition coefficient (Wildman–Crippen LogP) is 3.86. The van der Waals surface area contributed by atoms with Crippen molar-refractivity contribution in [1.29, 1.82) is 0 Å². The molecule has 1 aromatic carbocycles. The molecule has 0 aliphatic rings.